The molecule has 2 aromatic rings. The van der Waals surface area contributed by atoms with Crippen LogP contribution >= 0.6 is 0 Å². The number of anilines is 1. The van der Waals surface area contributed by atoms with E-state index in [4.69, 9.17) is 14.6 Å². The van der Waals surface area contributed by atoms with Crippen LogP contribution < -0.4 is 14.8 Å². The van der Waals surface area contributed by atoms with Crippen LogP contribution in [0.1, 0.15) is 0 Å². The van der Waals surface area contributed by atoms with Gasteiger partial charge >= 0.3 is 0 Å². The van der Waals surface area contributed by atoms with Crippen LogP contribution in [0.4, 0.5) is 5.69 Å². The predicted molar refractivity (Wildman–Crippen MR) is 85.5 cm³/mol. The van der Waals surface area contributed by atoms with Crippen LogP contribution in [0.15, 0.2) is 54.6 Å². The fraction of sp³-hybridized carbons (Fsp3) is 0.294. The molecule has 118 valence electrons. The minimum Gasteiger partial charge on any atom is -0.490 e. The maximum atomic E-state index is 9.38. The SMILES string of the molecule is OCC(O)CNc1ccccc1OCCOc1ccccc1. The van der Waals surface area contributed by atoms with E-state index in [1.807, 2.05) is 54.6 Å². The fourth-order valence-electron chi connectivity index (χ4n) is 1.86. The van der Waals surface area contributed by atoms with Gasteiger partial charge in [0.2, 0.25) is 0 Å². The van der Waals surface area contributed by atoms with Gasteiger partial charge < -0.3 is 25.0 Å². The molecule has 0 aliphatic carbocycles. The van der Waals surface area contributed by atoms with Crippen molar-refractivity contribution in [3.8, 4) is 11.5 Å². The minimum atomic E-state index is -0.797. The third-order valence-electron chi connectivity index (χ3n) is 2.98. The number of para-hydroxylation sites is 3. The van der Waals surface area contributed by atoms with Crippen molar-refractivity contribution in [1.82, 2.24) is 0 Å². The topological polar surface area (TPSA) is 71.0 Å². The number of aliphatic hydroxyl groups excluding tert-OH is 2. The van der Waals surface area contributed by atoms with Crippen molar-refractivity contribution in [3.05, 3.63) is 54.6 Å². The summed E-state index contributed by atoms with van der Waals surface area (Å²) in [5, 5.41) is 21.2. The van der Waals surface area contributed by atoms with E-state index in [1.165, 1.54) is 0 Å². The van der Waals surface area contributed by atoms with E-state index in [-0.39, 0.29) is 13.2 Å². The molecule has 1 atom stereocenters. The molecule has 0 bridgehead atoms. The summed E-state index contributed by atoms with van der Waals surface area (Å²) in [6.45, 7) is 0.839. The molecule has 0 aromatic heterocycles. The predicted octanol–water partition coefficient (Wildman–Crippen LogP) is 1.91. The van der Waals surface area contributed by atoms with Crippen LogP contribution in [0.3, 0.4) is 0 Å². The first kappa shape index (κ1) is 16.1. The average Bonchev–Trinajstić information content (AvgIpc) is 2.58. The molecule has 0 saturated heterocycles. The van der Waals surface area contributed by atoms with Crippen molar-refractivity contribution in [2.24, 2.45) is 0 Å². The Labute approximate surface area is 130 Å². The van der Waals surface area contributed by atoms with Crippen molar-refractivity contribution in [3.63, 3.8) is 0 Å². The van der Waals surface area contributed by atoms with Crippen LogP contribution in [0.5, 0.6) is 11.5 Å². The van der Waals surface area contributed by atoms with E-state index in [9.17, 15) is 5.11 Å². The molecule has 1 unspecified atom stereocenters. The van der Waals surface area contributed by atoms with Crippen LogP contribution in [0, 0.1) is 0 Å². The molecular formula is C17H21NO4. The average molecular weight is 303 g/mol. The quantitative estimate of drug-likeness (QED) is 0.617. The Balaban J connectivity index is 1.79. The lowest BCUT2D eigenvalue weighted by Gasteiger charge is -2.15. The van der Waals surface area contributed by atoms with E-state index in [2.05, 4.69) is 5.32 Å². The van der Waals surface area contributed by atoms with Crippen molar-refractivity contribution in [2.45, 2.75) is 6.10 Å². The molecule has 0 radical (unpaired) electrons. The van der Waals surface area contributed by atoms with Gasteiger partial charge in [-0.3, -0.25) is 0 Å². The molecule has 22 heavy (non-hydrogen) atoms. The largest absolute Gasteiger partial charge is 0.490 e. The number of benzene rings is 2. The zero-order valence-electron chi connectivity index (χ0n) is 12.3. The molecule has 0 saturated carbocycles. The third kappa shape index (κ3) is 5.27. The summed E-state index contributed by atoms with van der Waals surface area (Å²) in [6, 6.07) is 17.0. The molecule has 0 aliphatic heterocycles. The van der Waals surface area contributed by atoms with Gasteiger partial charge in [-0.1, -0.05) is 30.3 Å². The lowest BCUT2D eigenvalue weighted by Crippen LogP contribution is -2.23. The van der Waals surface area contributed by atoms with E-state index >= 15 is 0 Å². The second kappa shape index (κ2) is 8.92. The Bertz CT molecular complexity index is 547. The molecule has 5 nitrogen and oxygen atoms in total. The monoisotopic (exact) mass is 303 g/mol. The smallest absolute Gasteiger partial charge is 0.142 e. The Kier molecular flexibility index (Phi) is 6.54. The molecule has 5 heteroatoms. The molecule has 0 heterocycles. The molecule has 0 amide bonds. The van der Waals surface area contributed by atoms with Crippen LogP contribution in [0.25, 0.3) is 0 Å². The highest BCUT2D eigenvalue weighted by molar-refractivity contribution is 5.56. The second-order valence-electron chi connectivity index (χ2n) is 4.72. The van der Waals surface area contributed by atoms with Crippen molar-refractivity contribution in [1.29, 1.82) is 0 Å². The highest BCUT2D eigenvalue weighted by Gasteiger charge is 2.06. The lowest BCUT2D eigenvalue weighted by atomic mass is 10.2. The van der Waals surface area contributed by atoms with Gasteiger partial charge in [-0.2, -0.15) is 0 Å². The maximum Gasteiger partial charge on any atom is 0.142 e. The highest BCUT2D eigenvalue weighted by Crippen LogP contribution is 2.23. The van der Waals surface area contributed by atoms with E-state index < -0.39 is 6.10 Å². The third-order valence-corrected chi connectivity index (χ3v) is 2.98. The first-order valence-corrected chi connectivity index (χ1v) is 7.22. The Morgan fingerprint density at radius 1 is 0.909 bits per heavy atom. The molecule has 3 N–H and O–H groups in total. The van der Waals surface area contributed by atoms with Crippen molar-refractivity contribution < 1.29 is 19.7 Å². The Hall–Kier alpha value is -2.24. The minimum absolute atomic E-state index is 0.261. The van der Waals surface area contributed by atoms with Gasteiger partial charge in [0.1, 0.15) is 24.7 Å². The summed E-state index contributed by atoms with van der Waals surface area (Å²) in [7, 11) is 0. The van der Waals surface area contributed by atoms with E-state index in [0.29, 0.717) is 19.0 Å². The second-order valence-corrected chi connectivity index (χ2v) is 4.72. The maximum absolute atomic E-state index is 9.38. The van der Waals surface area contributed by atoms with Crippen molar-refractivity contribution >= 4 is 5.69 Å². The highest BCUT2D eigenvalue weighted by atomic mass is 16.5. The zero-order valence-corrected chi connectivity index (χ0v) is 12.3. The van der Waals surface area contributed by atoms with Crippen molar-refractivity contribution in [2.75, 3.05) is 31.7 Å². The summed E-state index contributed by atoms with van der Waals surface area (Å²) in [5.41, 5.74) is 0.773. The van der Waals surface area contributed by atoms with Gasteiger partial charge in [-0.15, -0.1) is 0 Å². The Morgan fingerprint density at radius 2 is 1.59 bits per heavy atom. The van der Waals surface area contributed by atoms with Gasteiger partial charge in [0, 0.05) is 6.54 Å². The Morgan fingerprint density at radius 3 is 2.36 bits per heavy atom. The van der Waals surface area contributed by atoms with Crippen LogP contribution in [-0.4, -0.2) is 42.7 Å². The van der Waals surface area contributed by atoms with E-state index in [1.54, 1.807) is 0 Å². The standard InChI is InChI=1S/C17H21NO4/c19-13-14(20)12-18-16-8-4-5-9-17(16)22-11-10-21-15-6-2-1-3-7-15/h1-9,14,18-20H,10-13H2. The van der Waals surface area contributed by atoms with Gasteiger partial charge in [-0.25, -0.2) is 0 Å². The number of hydrogen-bond acceptors (Lipinski definition) is 5. The molecule has 0 spiro atoms. The molecular weight excluding hydrogens is 282 g/mol. The number of rotatable bonds is 9. The van der Waals surface area contributed by atoms with Gasteiger partial charge in [0.25, 0.3) is 0 Å². The summed E-state index contributed by atoms with van der Waals surface area (Å²) >= 11 is 0. The van der Waals surface area contributed by atoms with E-state index in [0.717, 1.165) is 11.4 Å². The summed E-state index contributed by atoms with van der Waals surface area (Å²) in [5.74, 6) is 1.49. The summed E-state index contributed by atoms with van der Waals surface area (Å²) < 4.78 is 11.3. The zero-order chi connectivity index (χ0) is 15.6. The molecule has 2 rings (SSSR count). The van der Waals surface area contributed by atoms with Gasteiger partial charge in [-0.05, 0) is 24.3 Å². The first-order chi connectivity index (χ1) is 10.8. The lowest BCUT2D eigenvalue weighted by molar-refractivity contribution is 0.105. The fourth-order valence-corrected chi connectivity index (χ4v) is 1.86. The molecule has 0 fully saturated rings. The van der Waals surface area contributed by atoms with Gasteiger partial charge in [0.05, 0.1) is 18.4 Å². The molecule has 0 aliphatic rings. The first-order valence-electron chi connectivity index (χ1n) is 7.22. The number of nitrogens with one attached hydrogen (secondary N) is 1. The number of hydrogen-bond donors (Lipinski definition) is 3. The number of aliphatic hydroxyl groups is 2. The summed E-state index contributed by atoms with van der Waals surface area (Å²) in [6.07, 6.45) is -0.797. The van der Waals surface area contributed by atoms with Crippen LogP contribution in [-0.2, 0) is 0 Å². The molecule has 2 aromatic carbocycles. The van der Waals surface area contributed by atoms with Crippen LogP contribution in [0.2, 0.25) is 0 Å². The normalized spacial score (nSPS) is 11.7. The van der Waals surface area contributed by atoms with Gasteiger partial charge in [0.15, 0.2) is 0 Å². The summed E-state index contributed by atoms with van der Waals surface area (Å²) in [4.78, 5) is 0. The number of ether oxygens (including phenoxy) is 2.